The molecule has 1 rings (SSSR count). The second-order valence-electron chi connectivity index (χ2n) is 11.5. The predicted octanol–water partition coefficient (Wildman–Crippen LogP) is 10.6. The van der Waals surface area contributed by atoms with Gasteiger partial charge >= 0.3 is 0 Å². The predicted molar refractivity (Wildman–Crippen MR) is 172 cm³/mol. The van der Waals surface area contributed by atoms with Gasteiger partial charge in [-0.15, -0.1) is 0 Å². The number of hydrogen-bond acceptors (Lipinski definition) is 3. The zero-order valence-corrected chi connectivity index (χ0v) is 26.6. The van der Waals surface area contributed by atoms with Crippen LogP contribution in [-0.4, -0.2) is 18.7 Å². The van der Waals surface area contributed by atoms with Crippen molar-refractivity contribution < 1.29 is 14.3 Å². The maximum absolute atomic E-state index is 12.3. The van der Waals surface area contributed by atoms with Crippen LogP contribution in [0.5, 0.6) is 0 Å². The molecule has 0 amide bonds. The SMILES string of the molecule is COC1=CC(=O)C=C(CC=C(C)CCC=C(C)CCC=C(C)CCC=C(C)CCC=C(C)CCC=C(C)C)C1=O. The fourth-order valence-corrected chi connectivity index (χ4v) is 4.50. The molecule has 0 heterocycles. The van der Waals surface area contributed by atoms with E-state index in [1.54, 1.807) is 0 Å². The summed E-state index contributed by atoms with van der Waals surface area (Å²) in [5, 5.41) is 0. The number of carbonyl (C=O) groups is 2. The van der Waals surface area contributed by atoms with E-state index in [1.807, 2.05) is 6.08 Å². The molecule has 0 radical (unpaired) electrons. The van der Waals surface area contributed by atoms with Gasteiger partial charge in [-0.2, -0.15) is 0 Å². The Balaban J connectivity index is 2.31. The molecule has 220 valence electrons. The number of methoxy groups -OCH3 is 1. The van der Waals surface area contributed by atoms with Gasteiger partial charge in [0, 0.05) is 11.6 Å². The van der Waals surface area contributed by atoms with Crippen molar-refractivity contribution in [2.24, 2.45) is 0 Å². The summed E-state index contributed by atoms with van der Waals surface area (Å²) in [6, 6.07) is 0. The molecule has 0 spiro atoms. The summed E-state index contributed by atoms with van der Waals surface area (Å²) in [5.41, 5.74) is 9.02. The topological polar surface area (TPSA) is 43.4 Å². The summed E-state index contributed by atoms with van der Waals surface area (Å²) in [6.45, 7) is 15.4. The Morgan fingerprint density at radius 2 is 0.950 bits per heavy atom. The van der Waals surface area contributed by atoms with E-state index in [0.717, 1.165) is 57.8 Å². The lowest BCUT2D eigenvalue weighted by Crippen LogP contribution is -2.15. The molecule has 0 aromatic rings. The number of ketones is 2. The third kappa shape index (κ3) is 16.2. The maximum atomic E-state index is 12.3. The van der Waals surface area contributed by atoms with E-state index in [9.17, 15) is 9.59 Å². The molecule has 0 aliphatic heterocycles. The van der Waals surface area contributed by atoms with E-state index in [1.165, 1.54) is 59.1 Å². The maximum Gasteiger partial charge on any atom is 0.224 e. The molecule has 1 aliphatic rings. The zero-order valence-electron chi connectivity index (χ0n) is 26.6. The van der Waals surface area contributed by atoms with Gasteiger partial charge in [-0.05, 0) is 125 Å². The summed E-state index contributed by atoms with van der Waals surface area (Å²) in [7, 11) is 1.42. The first-order valence-electron chi connectivity index (χ1n) is 15.0. The molecule has 0 saturated heterocycles. The Hall–Kier alpha value is -2.94. The lowest BCUT2D eigenvalue weighted by molar-refractivity contribution is -0.117. The zero-order chi connectivity index (χ0) is 29.9. The summed E-state index contributed by atoms with van der Waals surface area (Å²) >= 11 is 0. The fraction of sp³-hybridized carbons (Fsp3) is 0.514. The van der Waals surface area contributed by atoms with Crippen molar-refractivity contribution in [3.05, 3.63) is 93.4 Å². The molecule has 40 heavy (non-hydrogen) atoms. The van der Waals surface area contributed by atoms with Crippen molar-refractivity contribution in [3.63, 3.8) is 0 Å². The summed E-state index contributed by atoms with van der Waals surface area (Å²) in [6.07, 6.45) is 28.0. The molecule has 0 unspecified atom stereocenters. The second kappa shape index (κ2) is 20.0. The molecule has 0 saturated carbocycles. The van der Waals surface area contributed by atoms with Crippen LogP contribution in [0.4, 0.5) is 0 Å². The minimum absolute atomic E-state index is 0.128. The Bertz CT molecular complexity index is 1090. The summed E-state index contributed by atoms with van der Waals surface area (Å²) in [4.78, 5) is 24.0. The Morgan fingerprint density at radius 1 is 0.575 bits per heavy atom. The van der Waals surface area contributed by atoms with Gasteiger partial charge in [0.05, 0.1) is 7.11 Å². The van der Waals surface area contributed by atoms with Crippen LogP contribution in [-0.2, 0) is 14.3 Å². The first-order chi connectivity index (χ1) is 19.0. The van der Waals surface area contributed by atoms with Gasteiger partial charge in [0.25, 0.3) is 0 Å². The quantitative estimate of drug-likeness (QED) is 0.127. The van der Waals surface area contributed by atoms with Crippen molar-refractivity contribution in [1.29, 1.82) is 0 Å². The van der Waals surface area contributed by atoms with E-state index in [4.69, 9.17) is 4.74 Å². The van der Waals surface area contributed by atoms with Crippen LogP contribution in [0.3, 0.4) is 0 Å². The Kier molecular flexibility index (Phi) is 17.6. The van der Waals surface area contributed by atoms with Gasteiger partial charge in [0.15, 0.2) is 11.5 Å². The number of hydrogen-bond donors (Lipinski definition) is 0. The van der Waals surface area contributed by atoms with Crippen molar-refractivity contribution in [2.45, 2.75) is 119 Å². The van der Waals surface area contributed by atoms with E-state index >= 15 is 0 Å². The third-order valence-corrected chi connectivity index (χ3v) is 7.21. The minimum atomic E-state index is -0.194. The molecule has 3 nitrogen and oxygen atoms in total. The van der Waals surface area contributed by atoms with Gasteiger partial charge in [-0.1, -0.05) is 69.9 Å². The van der Waals surface area contributed by atoms with E-state index in [-0.39, 0.29) is 17.3 Å². The average Bonchev–Trinajstić information content (AvgIpc) is 2.88. The highest BCUT2D eigenvalue weighted by atomic mass is 16.5. The highest BCUT2D eigenvalue weighted by molar-refractivity contribution is 6.19. The van der Waals surface area contributed by atoms with Crippen LogP contribution in [0.25, 0.3) is 0 Å². The van der Waals surface area contributed by atoms with Gasteiger partial charge in [-0.3, -0.25) is 9.59 Å². The van der Waals surface area contributed by atoms with Crippen LogP contribution in [0, 0.1) is 0 Å². The van der Waals surface area contributed by atoms with Crippen LogP contribution in [0.1, 0.15) is 119 Å². The molecular weight excluding hydrogens is 492 g/mol. The number of allylic oxidation sites excluding steroid dienone is 15. The summed E-state index contributed by atoms with van der Waals surface area (Å²) < 4.78 is 5.02. The van der Waals surface area contributed by atoms with Crippen LogP contribution in [0.2, 0.25) is 0 Å². The molecule has 0 atom stereocenters. The minimum Gasteiger partial charge on any atom is -0.493 e. The average molecular weight is 547 g/mol. The largest absolute Gasteiger partial charge is 0.493 e. The van der Waals surface area contributed by atoms with Crippen molar-refractivity contribution in [3.8, 4) is 0 Å². The molecule has 3 heteroatoms. The number of rotatable bonds is 18. The van der Waals surface area contributed by atoms with E-state index in [2.05, 4.69) is 78.8 Å². The first-order valence-corrected chi connectivity index (χ1v) is 15.0. The van der Waals surface area contributed by atoms with Gasteiger partial charge in [0.2, 0.25) is 5.78 Å². The lowest BCUT2D eigenvalue weighted by Gasteiger charge is -2.11. The third-order valence-electron chi connectivity index (χ3n) is 7.21. The van der Waals surface area contributed by atoms with Crippen LogP contribution >= 0.6 is 0 Å². The molecule has 0 N–H and O–H groups in total. The molecule has 0 fully saturated rings. The first kappa shape index (κ1) is 35.1. The molecule has 0 bridgehead atoms. The normalized spacial score (nSPS) is 15.8. The van der Waals surface area contributed by atoms with Crippen molar-refractivity contribution >= 4 is 11.6 Å². The van der Waals surface area contributed by atoms with E-state index in [0.29, 0.717) is 12.0 Å². The number of ether oxygens (including phenoxy) is 1. The van der Waals surface area contributed by atoms with Crippen LogP contribution < -0.4 is 0 Å². The van der Waals surface area contributed by atoms with Gasteiger partial charge in [0.1, 0.15) is 0 Å². The van der Waals surface area contributed by atoms with Crippen molar-refractivity contribution in [2.75, 3.05) is 7.11 Å². The van der Waals surface area contributed by atoms with E-state index < -0.39 is 0 Å². The Morgan fingerprint density at radius 3 is 1.32 bits per heavy atom. The molecule has 0 aromatic carbocycles. The molecule has 0 aromatic heterocycles. The highest BCUT2D eigenvalue weighted by Crippen LogP contribution is 2.19. The van der Waals surface area contributed by atoms with Crippen molar-refractivity contribution in [1.82, 2.24) is 0 Å². The highest BCUT2D eigenvalue weighted by Gasteiger charge is 2.21. The summed E-state index contributed by atoms with van der Waals surface area (Å²) in [5.74, 6) is -0.254. The standard InChI is InChI=1S/C37H54O3/c1-28(2)14-9-15-29(3)16-10-17-30(4)18-11-19-31(5)20-12-21-32(6)22-13-23-33(7)24-25-34-26-35(38)27-36(40-8)37(34)39/h14,16,18,20,22,24,26-27H,9-13,15,17,19,21,23,25H2,1-8H3. The number of carbonyl (C=O) groups excluding carboxylic acids is 2. The monoisotopic (exact) mass is 546 g/mol. The van der Waals surface area contributed by atoms with Gasteiger partial charge in [-0.25, -0.2) is 0 Å². The van der Waals surface area contributed by atoms with Crippen LogP contribution in [0.15, 0.2) is 93.4 Å². The molecular formula is C37H54O3. The Labute approximate surface area is 245 Å². The van der Waals surface area contributed by atoms with Gasteiger partial charge < -0.3 is 4.74 Å². The smallest absolute Gasteiger partial charge is 0.224 e. The second-order valence-corrected chi connectivity index (χ2v) is 11.5. The fourth-order valence-electron chi connectivity index (χ4n) is 4.50. The molecule has 1 aliphatic carbocycles. The lowest BCUT2D eigenvalue weighted by atomic mass is 9.97. The number of Topliss-reactive ketones (excluding diaryl/α,β-unsaturated/α-hetero) is 1.